The molecule has 1 aliphatic carbocycles. The van der Waals surface area contributed by atoms with Crippen LogP contribution in [-0.2, 0) is 14.3 Å². The molecule has 2 atom stereocenters. The number of benzene rings is 1. The van der Waals surface area contributed by atoms with Crippen LogP contribution in [0.4, 0.5) is 4.79 Å². The van der Waals surface area contributed by atoms with Crippen LogP contribution in [0.1, 0.15) is 78.5 Å². The number of phenolic OH excluding ortho intramolecular Hbond substituents is 1. The summed E-state index contributed by atoms with van der Waals surface area (Å²) in [5.41, 5.74) is 0.530. The van der Waals surface area contributed by atoms with Gasteiger partial charge in [0.15, 0.2) is 0 Å². The molecule has 0 aromatic heterocycles. The van der Waals surface area contributed by atoms with E-state index in [4.69, 9.17) is 4.74 Å². The van der Waals surface area contributed by atoms with Gasteiger partial charge in [-0.15, -0.1) is 0 Å². The quantitative estimate of drug-likeness (QED) is 0.546. The van der Waals surface area contributed by atoms with Gasteiger partial charge in [0.1, 0.15) is 23.4 Å². The van der Waals surface area contributed by atoms with Gasteiger partial charge in [-0.2, -0.15) is 0 Å². The zero-order chi connectivity index (χ0) is 25.1. The molecule has 1 aromatic carbocycles. The van der Waals surface area contributed by atoms with Crippen LogP contribution in [0.15, 0.2) is 18.2 Å². The van der Waals surface area contributed by atoms with Gasteiger partial charge in [-0.25, -0.2) is 4.79 Å². The lowest BCUT2D eigenvalue weighted by Crippen LogP contribution is -2.55. The highest BCUT2D eigenvalue weighted by Gasteiger charge is 2.44. The molecule has 8 nitrogen and oxygen atoms in total. The highest BCUT2D eigenvalue weighted by Crippen LogP contribution is 2.37. The van der Waals surface area contributed by atoms with E-state index in [1.54, 1.807) is 44.7 Å². The molecule has 1 aromatic rings. The van der Waals surface area contributed by atoms with Crippen molar-refractivity contribution in [3.63, 3.8) is 0 Å². The van der Waals surface area contributed by atoms with Crippen molar-refractivity contribution in [1.29, 1.82) is 0 Å². The molecule has 8 heteroatoms. The number of amides is 3. The molecule has 1 aliphatic rings. The number of alkyl carbamates (subject to hydrolysis) is 1. The smallest absolute Gasteiger partial charge is 0.408 e. The number of rotatable bonds is 8. The zero-order valence-electron chi connectivity index (χ0n) is 21.1. The Labute approximate surface area is 197 Å². The van der Waals surface area contributed by atoms with E-state index >= 15 is 0 Å². The standard InChI is InChI=1S/C25H39N3O5/c1-14(2)20(27-24(32)33-25(6,7)8)23(31)28(18-10-11-18)21(22(30)26-15(3)4)17-9-12-19(29)16(5)13-17/h9,12-15,18,20-21,29H,10-11H2,1-8H3,(H,26,30)(H,27,32). The summed E-state index contributed by atoms with van der Waals surface area (Å²) in [6, 6.07) is 2.98. The highest BCUT2D eigenvalue weighted by molar-refractivity contribution is 5.92. The third-order valence-corrected chi connectivity index (χ3v) is 5.29. The van der Waals surface area contributed by atoms with E-state index < -0.39 is 23.8 Å². The third kappa shape index (κ3) is 7.37. The number of aryl methyl sites for hydroxylation is 1. The molecular weight excluding hydrogens is 422 g/mol. The molecule has 0 saturated heterocycles. The average Bonchev–Trinajstić information content (AvgIpc) is 3.48. The summed E-state index contributed by atoms with van der Waals surface area (Å²) in [6.45, 7) is 14.4. The van der Waals surface area contributed by atoms with Gasteiger partial charge in [0, 0.05) is 12.1 Å². The first-order chi connectivity index (χ1) is 15.2. The fourth-order valence-electron chi connectivity index (χ4n) is 3.63. The van der Waals surface area contributed by atoms with Crippen molar-refractivity contribution in [2.75, 3.05) is 0 Å². The van der Waals surface area contributed by atoms with Crippen molar-refractivity contribution in [3.8, 4) is 5.75 Å². The summed E-state index contributed by atoms with van der Waals surface area (Å²) >= 11 is 0. The van der Waals surface area contributed by atoms with Crippen LogP contribution in [0.2, 0.25) is 0 Å². The summed E-state index contributed by atoms with van der Waals surface area (Å²) in [6.07, 6.45) is 0.894. The van der Waals surface area contributed by atoms with Crippen LogP contribution in [0.3, 0.4) is 0 Å². The van der Waals surface area contributed by atoms with Crippen LogP contribution < -0.4 is 10.6 Å². The monoisotopic (exact) mass is 461 g/mol. The van der Waals surface area contributed by atoms with Gasteiger partial charge >= 0.3 is 6.09 Å². The van der Waals surface area contributed by atoms with Crippen LogP contribution in [0, 0.1) is 12.8 Å². The Kier molecular flexibility index (Phi) is 8.38. The van der Waals surface area contributed by atoms with Crippen molar-refractivity contribution in [2.24, 2.45) is 5.92 Å². The average molecular weight is 462 g/mol. The molecule has 0 radical (unpaired) electrons. The molecule has 3 N–H and O–H groups in total. The molecule has 0 bridgehead atoms. The van der Waals surface area contributed by atoms with Crippen LogP contribution >= 0.6 is 0 Å². The Morgan fingerprint density at radius 2 is 1.70 bits per heavy atom. The summed E-state index contributed by atoms with van der Waals surface area (Å²) < 4.78 is 5.37. The number of carbonyl (C=O) groups excluding carboxylic acids is 3. The number of phenols is 1. The van der Waals surface area contributed by atoms with E-state index in [2.05, 4.69) is 10.6 Å². The van der Waals surface area contributed by atoms with Gasteiger partial charge in [0.2, 0.25) is 11.8 Å². The molecule has 1 fully saturated rings. The first kappa shape index (κ1) is 26.5. The molecule has 2 rings (SSSR count). The summed E-state index contributed by atoms with van der Waals surface area (Å²) in [5, 5.41) is 15.6. The number of aromatic hydroxyl groups is 1. The number of nitrogens with zero attached hydrogens (tertiary/aromatic N) is 1. The van der Waals surface area contributed by atoms with E-state index in [-0.39, 0.29) is 35.6 Å². The maximum absolute atomic E-state index is 13.9. The first-order valence-corrected chi connectivity index (χ1v) is 11.6. The zero-order valence-corrected chi connectivity index (χ0v) is 21.1. The molecule has 0 aliphatic heterocycles. The fraction of sp³-hybridized carbons (Fsp3) is 0.640. The second-order valence-electron chi connectivity index (χ2n) is 10.5. The number of hydrogen-bond donors (Lipinski definition) is 3. The number of hydrogen-bond acceptors (Lipinski definition) is 5. The topological polar surface area (TPSA) is 108 Å². The van der Waals surface area contributed by atoms with Crippen LogP contribution in [0.25, 0.3) is 0 Å². The van der Waals surface area contributed by atoms with E-state index in [0.29, 0.717) is 11.1 Å². The molecule has 3 amide bonds. The predicted molar refractivity (Wildman–Crippen MR) is 127 cm³/mol. The Balaban J connectivity index is 2.45. The van der Waals surface area contributed by atoms with E-state index in [1.807, 2.05) is 27.7 Å². The Hall–Kier alpha value is -2.77. The normalized spacial score (nSPS) is 15.7. The van der Waals surface area contributed by atoms with Crippen molar-refractivity contribution >= 4 is 17.9 Å². The van der Waals surface area contributed by atoms with Gasteiger partial charge in [-0.3, -0.25) is 9.59 Å². The Morgan fingerprint density at radius 1 is 1.09 bits per heavy atom. The summed E-state index contributed by atoms with van der Waals surface area (Å²) in [4.78, 5) is 41.3. The summed E-state index contributed by atoms with van der Waals surface area (Å²) in [5.74, 6) is -0.720. The largest absolute Gasteiger partial charge is 0.508 e. The molecule has 184 valence electrons. The van der Waals surface area contributed by atoms with Crippen molar-refractivity contribution < 1.29 is 24.2 Å². The third-order valence-electron chi connectivity index (χ3n) is 5.29. The SMILES string of the molecule is Cc1cc(C(C(=O)NC(C)C)N(C(=O)C(NC(=O)OC(C)(C)C)C(C)C)C2CC2)ccc1O. The summed E-state index contributed by atoms with van der Waals surface area (Å²) in [7, 11) is 0. The van der Waals surface area contributed by atoms with Crippen molar-refractivity contribution in [2.45, 2.75) is 98.0 Å². The molecule has 0 heterocycles. The van der Waals surface area contributed by atoms with E-state index in [1.165, 1.54) is 6.07 Å². The molecule has 2 unspecified atom stereocenters. The maximum Gasteiger partial charge on any atom is 0.408 e. The van der Waals surface area contributed by atoms with Gasteiger partial charge in [-0.05, 0) is 83.6 Å². The minimum absolute atomic E-state index is 0.101. The second kappa shape index (κ2) is 10.4. The lowest BCUT2D eigenvalue weighted by molar-refractivity contribution is -0.144. The number of nitrogens with one attached hydrogen (secondary N) is 2. The van der Waals surface area contributed by atoms with Gasteiger partial charge in [0.25, 0.3) is 0 Å². The Morgan fingerprint density at radius 3 is 2.15 bits per heavy atom. The van der Waals surface area contributed by atoms with Crippen molar-refractivity contribution in [1.82, 2.24) is 15.5 Å². The van der Waals surface area contributed by atoms with Gasteiger partial charge in [0.05, 0.1) is 0 Å². The van der Waals surface area contributed by atoms with Crippen molar-refractivity contribution in [3.05, 3.63) is 29.3 Å². The van der Waals surface area contributed by atoms with E-state index in [9.17, 15) is 19.5 Å². The lowest BCUT2D eigenvalue weighted by Gasteiger charge is -2.36. The first-order valence-electron chi connectivity index (χ1n) is 11.6. The minimum Gasteiger partial charge on any atom is -0.508 e. The Bertz CT molecular complexity index is 871. The lowest BCUT2D eigenvalue weighted by atomic mass is 9.97. The minimum atomic E-state index is -0.881. The van der Waals surface area contributed by atoms with E-state index in [0.717, 1.165) is 12.8 Å². The maximum atomic E-state index is 13.9. The van der Waals surface area contributed by atoms with Gasteiger partial charge in [-0.1, -0.05) is 19.9 Å². The molecule has 1 saturated carbocycles. The van der Waals surface area contributed by atoms with Crippen LogP contribution in [-0.4, -0.2) is 51.6 Å². The molecule has 0 spiro atoms. The van der Waals surface area contributed by atoms with Gasteiger partial charge < -0.3 is 25.4 Å². The second-order valence-corrected chi connectivity index (χ2v) is 10.5. The molecule has 33 heavy (non-hydrogen) atoms. The number of carbonyl (C=O) groups is 3. The van der Waals surface area contributed by atoms with Crippen LogP contribution in [0.5, 0.6) is 5.75 Å². The highest BCUT2D eigenvalue weighted by atomic mass is 16.6. The number of ether oxygens (including phenoxy) is 1. The molecular formula is C25H39N3O5. The predicted octanol–water partition coefficient (Wildman–Crippen LogP) is 3.81. The fourth-order valence-corrected chi connectivity index (χ4v) is 3.63.